The van der Waals surface area contributed by atoms with E-state index in [2.05, 4.69) is 11.4 Å². The van der Waals surface area contributed by atoms with E-state index >= 15 is 0 Å². The van der Waals surface area contributed by atoms with E-state index in [0.29, 0.717) is 0 Å². The van der Waals surface area contributed by atoms with E-state index in [9.17, 15) is 14.6 Å². The number of halogens is 1. The molecule has 144 valence electrons. The van der Waals surface area contributed by atoms with Crippen LogP contribution in [0.15, 0.2) is 24.3 Å². The fraction of sp³-hybridized carbons (Fsp3) is 0.667. The van der Waals surface area contributed by atoms with Gasteiger partial charge in [0.1, 0.15) is 5.75 Å². The summed E-state index contributed by atoms with van der Waals surface area (Å²) >= 11 is 5.41. The Morgan fingerprint density at radius 1 is 1.15 bits per heavy atom. The quantitative estimate of drug-likeness (QED) is 0.216. The number of phosphoric ester groups is 1. The molecule has 0 aromatic heterocycles. The zero-order valence-electron chi connectivity index (χ0n) is 15.9. The Morgan fingerprint density at radius 2 is 1.77 bits per heavy atom. The third kappa shape index (κ3) is 12.0. The third-order valence-corrected chi connectivity index (χ3v) is 5.08. The van der Waals surface area contributed by atoms with Gasteiger partial charge in [-0.15, -0.1) is 11.6 Å². The first-order valence-corrected chi connectivity index (χ1v) is 10.9. The molecule has 5 nitrogen and oxygen atoms in total. The first kappa shape index (κ1) is 26.4. The van der Waals surface area contributed by atoms with Crippen molar-refractivity contribution in [2.24, 2.45) is 0 Å². The van der Waals surface area contributed by atoms with Gasteiger partial charge in [0, 0.05) is 0 Å². The molecular weight excluding hydrogens is 386 g/mol. The van der Waals surface area contributed by atoms with Gasteiger partial charge in [-0.1, -0.05) is 63.6 Å². The fourth-order valence-electron chi connectivity index (χ4n) is 2.44. The molecule has 0 aliphatic rings. The molecule has 1 rings (SSSR count). The van der Waals surface area contributed by atoms with Crippen molar-refractivity contribution in [3.8, 4) is 5.75 Å². The molecule has 0 aliphatic carbocycles. The molecule has 8 heteroatoms. The molecule has 2 atom stereocenters. The molecule has 0 saturated carbocycles. The third-order valence-electron chi connectivity index (χ3n) is 3.84. The molecule has 1 aromatic carbocycles. The molecule has 0 spiro atoms. The Hall–Kier alpha value is 0.420. The van der Waals surface area contributed by atoms with Gasteiger partial charge < -0.3 is 19.0 Å². The van der Waals surface area contributed by atoms with Crippen molar-refractivity contribution in [3.63, 3.8) is 0 Å². The maximum absolute atomic E-state index is 11.9. The maximum Gasteiger partial charge on any atom is 1.00 e. The summed E-state index contributed by atoms with van der Waals surface area (Å²) in [5, 5.41) is 9.29. The van der Waals surface area contributed by atoms with E-state index in [-0.39, 0.29) is 41.2 Å². The van der Waals surface area contributed by atoms with Crippen molar-refractivity contribution < 1.29 is 53.2 Å². The Balaban J connectivity index is 0.00000625. The van der Waals surface area contributed by atoms with Crippen LogP contribution < -0.4 is 39.0 Å². The van der Waals surface area contributed by atoms with Gasteiger partial charge in [0.15, 0.2) is 0 Å². The van der Waals surface area contributed by atoms with Crippen LogP contribution in [-0.2, 0) is 15.5 Å². The predicted molar refractivity (Wildman–Crippen MR) is 99.1 cm³/mol. The van der Waals surface area contributed by atoms with E-state index in [4.69, 9.17) is 16.1 Å². The van der Waals surface area contributed by atoms with Gasteiger partial charge in [0.05, 0.1) is 18.6 Å². The first-order valence-electron chi connectivity index (χ1n) is 8.95. The summed E-state index contributed by atoms with van der Waals surface area (Å²) in [6.45, 7) is 1.79. The Bertz CT molecular complexity index is 532. The predicted octanol–water partition coefficient (Wildman–Crippen LogP) is 1.45. The molecule has 26 heavy (non-hydrogen) atoms. The smallest absolute Gasteiger partial charge is 0.746 e. The van der Waals surface area contributed by atoms with Crippen LogP contribution in [0.5, 0.6) is 5.75 Å². The molecule has 0 heterocycles. The van der Waals surface area contributed by atoms with Crippen molar-refractivity contribution in [2.75, 3.05) is 12.5 Å². The zero-order chi connectivity index (χ0) is 18.5. The average molecular weight is 415 g/mol. The summed E-state index contributed by atoms with van der Waals surface area (Å²) < 4.78 is 21.6. The van der Waals surface area contributed by atoms with Crippen LogP contribution in [-0.4, -0.2) is 23.7 Å². The van der Waals surface area contributed by atoms with Crippen molar-refractivity contribution >= 4 is 19.4 Å². The SMILES string of the molecule is CCCCCCCCCc1ccccc1OP(=O)([O-])OCC(O)CCl.[Na+]. The van der Waals surface area contributed by atoms with E-state index in [1.54, 1.807) is 12.1 Å². The van der Waals surface area contributed by atoms with Crippen LogP contribution in [0, 0.1) is 0 Å². The molecule has 1 N–H and O–H groups in total. The maximum atomic E-state index is 11.9. The molecule has 0 amide bonds. The normalized spacial score (nSPS) is 14.3. The second kappa shape index (κ2) is 15.4. The Morgan fingerprint density at radius 3 is 2.42 bits per heavy atom. The van der Waals surface area contributed by atoms with Crippen LogP contribution in [0.1, 0.15) is 57.4 Å². The van der Waals surface area contributed by atoms with Crippen molar-refractivity contribution in [3.05, 3.63) is 29.8 Å². The number of aliphatic hydroxyl groups excluding tert-OH is 1. The molecule has 0 radical (unpaired) electrons. The van der Waals surface area contributed by atoms with E-state index in [0.717, 1.165) is 24.8 Å². The van der Waals surface area contributed by atoms with Gasteiger partial charge in [-0.3, -0.25) is 4.57 Å². The van der Waals surface area contributed by atoms with Crippen molar-refractivity contribution in [1.29, 1.82) is 0 Å². The minimum atomic E-state index is -4.53. The topological polar surface area (TPSA) is 78.8 Å². The largest absolute Gasteiger partial charge is 1.00 e. The number of aliphatic hydroxyl groups is 1. The molecular formula is C18H29ClNaO5P. The van der Waals surface area contributed by atoms with E-state index in [1.807, 2.05) is 12.1 Å². The van der Waals surface area contributed by atoms with Crippen LogP contribution in [0.3, 0.4) is 0 Å². The summed E-state index contributed by atoms with van der Waals surface area (Å²) in [6.07, 6.45) is 8.07. The van der Waals surface area contributed by atoms with E-state index < -0.39 is 20.5 Å². The Kier molecular flexibility index (Phi) is 15.6. The van der Waals surface area contributed by atoms with Crippen molar-refractivity contribution in [2.45, 2.75) is 64.4 Å². The minimum absolute atomic E-state index is 0. The molecule has 0 bridgehead atoms. The zero-order valence-corrected chi connectivity index (χ0v) is 19.5. The molecule has 0 aliphatic heterocycles. The number of benzene rings is 1. The number of hydrogen-bond donors (Lipinski definition) is 1. The summed E-state index contributed by atoms with van der Waals surface area (Å²) in [6, 6.07) is 7.05. The van der Waals surface area contributed by atoms with Crippen LogP contribution in [0.2, 0.25) is 0 Å². The number of phosphoric acid groups is 1. The number of hydrogen-bond acceptors (Lipinski definition) is 5. The van der Waals surface area contributed by atoms with Crippen LogP contribution in [0.25, 0.3) is 0 Å². The fourth-order valence-corrected chi connectivity index (χ4v) is 3.36. The standard InChI is InChI=1S/C18H30ClO5P.Na/c1-2-3-4-5-6-7-8-11-16-12-9-10-13-18(16)24-25(21,22)23-15-17(20)14-19;/h9-10,12-13,17,20H,2-8,11,14-15H2,1H3,(H,21,22);/q;+1/p-1. The summed E-state index contributed by atoms with van der Waals surface area (Å²) in [5.41, 5.74) is 0.841. The number of alkyl halides is 1. The van der Waals surface area contributed by atoms with Gasteiger partial charge in [-0.25, -0.2) is 0 Å². The van der Waals surface area contributed by atoms with Gasteiger partial charge in [0.25, 0.3) is 0 Å². The number of para-hydroxylation sites is 1. The van der Waals surface area contributed by atoms with Gasteiger partial charge in [0.2, 0.25) is 0 Å². The number of unbranched alkanes of at least 4 members (excludes halogenated alkanes) is 6. The van der Waals surface area contributed by atoms with Crippen molar-refractivity contribution in [1.82, 2.24) is 0 Å². The number of aryl methyl sites for hydroxylation is 1. The summed E-state index contributed by atoms with van der Waals surface area (Å²) in [4.78, 5) is 11.9. The summed E-state index contributed by atoms with van der Waals surface area (Å²) in [5.74, 6) is 0.182. The Labute approximate surface area is 184 Å². The summed E-state index contributed by atoms with van der Waals surface area (Å²) in [7, 11) is -4.53. The molecule has 0 fully saturated rings. The first-order chi connectivity index (χ1) is 12.0. The van der Waals surface area contributed by atoms with Gasteiger partial charge in [-0.2, -0.15) is 0 Å². The molecule has 1 aromatic rings. The second-order valence-corrected chi connectivity index (χ2v) is 7.77. The van der Waals surface area contributed by atoms with Gasteiger partial charge >= 0.3 is 37.4 Å². The van der Waals surface area contributed by atoms with E-state index in [1.165, 1.54) is 32.1 Å². The molecule has 0 saturated heterocycles. The second-order valence-electron chi connectivity index (χ2n) is 6.12. The molecule has 2 unspecified atom stereocenters. The minimum Gasteiger partial charge on any atom is -0.746 e. The number of rotatable bonds is 14. The van der Waals surface area contributed by atoms with Crippen LogP contribution in [0.4, 0.5) is 0 Å². The average Bonchev–Trinajstić information content (AvgIpc) is 2.60. The monoisotopic (exact) mass is 414 g/mol. The van der Waals surface area contributed by atoms with Gasteiger partial charge in [-0.05, 0) is 24.5 Å². The van der Waals surface area contributed by atoms with Crippen LogP contribution >= 0.6 is 19.4 Å².